The van der Waals surface area contributed by atoms with Crippen LogP contribution in [-0.2, 0) is 23.4 Å². The van der Waals surface area contributed by atoms with Gasteiger partial charge in [-0.3, -0.25) is 9.32 Å². The molecule has 0 aliphatic rings. The normalized spacial score (nSPS) is 12.1. The van der Waals surface area contributed by atoms with Crippen molar-refractivity contribution in [3.63, 3.8) is 0 Å². The number of carbonyl (C=O) groups is 1. The van der Waals surface area contributed by atoms with Crippen LogP contribution in [-0.4, -0.2) is 31.9 Å². The summed E-state index contributed by atoms with van der Waals surface area (Å²) in [5.74, 6) is 0.417. The zero-order valence-electron chi connectivity index (χ0n) is 36.5. The SMILES string of the molecule is CCCCCCCCCCCCCCCCCCOC[C@H](COP(=O)(Oc1ccccc1)Oc1ccccc1)OC(=O)CCCCCCCCCCCCCCC. The third-order valence-corrected chi connectivity index (χ3v) is 11.9. The molecule has 2 aromatic carbocycles. The molecular formula is C49H83O7P. The van der Waals surface area contributed by atoms with Crippen LogP contribution in [0.5, 0.6) is 11.5 Å². The summed E-state index contributed by atoms with van der Waals surface area (Å²) in [6.45, 7) is 5.09. The number of carbonyl (C=O) groups excluding carboxylic acids is 1. The van der Waals surface area contributed by atoms with Crippen LogP contribution in [0.15, 0.2) is 60.7 Å². The van der Waals surface area contributed by atoms with Gasteiger partial charge in [0.15, 0.2) is 0 Å². The second kappa shape index (κ2) is 36.7. The van der Waals surface area contributed by atoms with E-state index in [2.05, 4.69) is 13.8 Å². The highest BCUT2D eigenvalue weighted by atomic mass is 31.2. The minimum absolute atomic E-state index is 0.153. The third kappa shape index (κ3) is 30.4. The number of hydrogen-bond acceptors (Lipinski definition) is 7. The molecule has 0 aliphatic heterocycles. The van der Waals surface area contributed by atoms with Gasteiger partial charge >= 0.3 is 13.8 Å². The van der Waals surface area contributed by atoms with E-state index in [-0.39, 0.29) is 19.2 Å². The lowest BCUT2D eigenvalue weighted by Gasteiger charge is -2.23. The molecule has 326 valence electrons. The van der Waals surface area contributed by atoms with Crippen molar-refractivity contribution in [3.05, 3.63) is 60.7 Å². The number of benzene rings is 2. The minimum Gasteiger partial charge on any atom is -0.457 e. The number of esters is 1. The van der Waals surface area contributed by atoms with Gasteiger partial charge in [0.25, 0.3) is 0 Å². The molecule has 7 nitrogen and oxygen atoms in total. The van der Waals surface area contributed by atoms with Crippen LogP contribution in [0, 0.1) is 0 Å². The first-order valence-electron chi connectivity index (χ1n) is 23.6. The first kappa shape index (κ1) is 50.8. The summed E-state index contributed by atoms with van der Waals surface area (Å²) >= 11 is 0. The van der Waals surface area contributed by atoms with E-state index in [0.29, 0.717) is 24.5 Å². The molecule has 2 aromatic rings. The van der Waals surface area contributed by atoms with Crippen molar-refractivity contribution in [1.82, 2.24) is 0 Å². The first-order valence-corrected chi connectivity index (χ1v) is 25.0. The lowest BCUT2D eigenvalue weighted by Crippen LogP contribution is -2.29. The quantitative estimate of drug-likeness (QED) is 0.0376. The molecule has 0 amide bonds. The molecule has 1 atom stereocenters. The van der Waals surface area contributed by atoms with E-state index in [1.165, 1.54) is 154 Å². The van der Waals surface area contributed by atoms with Crippen LogP contribution in [0.1, 0.15) is 206 Å². The number of ether oxygens (including phenoxy) is 2. The van der Waals surface area contributed by atoms with Crippen molar-refractivity contribution < 1.29 is 32.4 Å². The van der Waals surface area contributed by atoms with E-state index >= 15 is 0 Å². The Bertz CT molecular complexity index is 1170. The smallest absolute Gasteiger partial charge is 0.457 e. The number of unbranched alkanes of at least 4 members (excludes halogenated alkanes) is 27. The molecule has 0 spiro atoms. The number of rotatable bonds is 41. The Kier molecular flexibility index (Phi) is 32.7. The van der Waals surface area contributed by atoms with Crippen molar-refractivity contribution >= 4 is 13.8 Å². The Labute approximate surface area is 349 Å². The highest BCUT2D eigenvalue weighted by Gasteiger charge is 2.33. The summed E-state index contributed by atoms with van der Waals surface area (Å²) in [5.41, 5.74) is 0. The zero-order valence-corrected chi connectivity index (χ0v) is 37.4. The maximum absolute atomic E-state index is 13.9. The van der Waals surface area contributed by atoms with Crippen molar-refractivity contribution in [3.8, 4) is 11.5 Å². The molecule has 0 saturated carbocycles. The molecule has 0 aromatic heterocycles. The van der Waals surface area contributed by atoms with Crippen LogP contribution in [0.2, 0.25) is 0 Å². The van der Waals surface area contributed by atoms with Gasteiger partial charge < -0.3 is 18.5 Å². The molecule has 0 aliphatic carbocycles. The molecule has 0 radical (unpaired) electrons. The van der Waals surface area contributed by atoms with E-state index in [1.807, 2.05) is 12.1 Å². The summed E-state index contributed by atoms with van der Waals surface area (Å²) in [6, 6.07) is 17.6. The fourth-order valence-electron chi connectivity index (χ4n) is 7.08. The van der Waals surface area contributed by atoms with Crippen molar-refractivity contribution in [1.29, 1.82) is 0 Å². The van der Waals surface area contributed by atoms with Crippen molar-refractivity contribution in [2.75, 3.05) is 19.8 Å². The summed E-state index contributed by atoms with van der Waals surface area (Å²) < 4.78 is 43.3. The standard InChI is InChI=1S/C49H83O7P/c1-3-5-7-9-11-13-15-17-18-19-21-23-25-27-29-37-43-52-44-48(54-49(50)42-36-28-26-24-22-20-16-14-12-10-8-6-4-2)45-53-57(51,55-46-38-32-30-33-39-46)56-47-40-34-31-35-41-47/h30-35,38-41,48H,3-29,36-37,42-45H2,1-2H3/t48-/m1/s1. The van der Waals surface area contributed by atoms with Gasteiger partial charge in [0.05, 0.1) is 6.61 Å². The van der Waals surface area contributed by atoms with Gasteiger partial charge in [0.2, 0.25) is 0 Å². The van der Waals surface area contributed by atoms with Crippen LogP contribution in [0.3, 0.4) is 0 Å². The molecule has 0 bridgehead atoms. The Morgan fingerprint density at radius 3 is 1.21 bits per heavy atom. The van der Waals surface area contributed by atoms with E-state index in [9.17, 15) is 9.36 Å². The predicted molar refractivity (Wildman–Crippen MR) is 238 cm³/mol. The average molecular weight is 815 g/mol. The van der Waals surface area contributed by atoms with Gasteiger partial charge in [-0.25, -0.2) is 4.57 Å². The lowest BCUT2D eigenvalue weighted by atomic mass is 10.0. The van der Waals surface area contributed by atoms with Crippen molar-refractivity contribution in [2.45, 2.75) is 213 Å². The number of phosphoric acid groups is 1. The fraction of sp³-hybridized carbons (Fsp3) is 0.735. The number of para-hydroxylation sites is 2. The molecule has 8 heteroatoms. The zero-order chi connectivity index (χ0) is 40.8. The molecule has 0 unspecified atom stereocenters. The van der Waals surface area contributed by atoms with Crippen LogP contribution >= 0.6 is 7.82 Å². The Balaban J connectivity index is 1.72. The van der Waals surface area contributed by atoms with E-state index in [4.69, 9.17) is 23.0 Å². The molecule has 2 rings (SSSR count). The van der Waals surface area contributed by atoms with Gasteiger partial charge in [-0.05, 0) is 37.1 Å². The van der Waals surface area contributed by atoms with Crippen molar-refractivity contribution in [2.24, 2.45) is 0 Å². The van der Waals surface area contributed by atoms with Crippen LogP contribution in [0.25, 0.3) is 0 Å². The maximum atomic E-state index is 13.9. The lowest BCUT2D eigenvalue weighted by molar-refractivity contribution is -0.154. The van der Waals surface area contributed by atoms with Gasteiger partial charge in [-0.15, -0.1) is 0 Å². The van der Waals surface area contributed by atoms with E-state index in [0.717, 1.165) is 32.1 Å². The second-order valence-electron chi connectivity index (χ2n) is 16.0. The van der Waals surface area contributed by atoms with Crippen LogP contribution in [0.4, 0.5) is 0 Å². The Hall–Kier alpha value is -2.34. The highest BCUT2D eigenvalue weighted by Crippen LogP contribution is 2.49. The monoisotopic (exact) mass is 815 g/mol. The minimum atomic E-state index is -4.14. The summed E-state index contributed by atoms with van der Waals surface area (Å²) in [6.07, 6.45) is 36.9. The highest BCUT2D eigenvalue weighted by molar-refractivity contribution is 7.49. The molecule has 0 fully saturated rings. The Morgan fingerprint density at radius 1 is 0.474 bits per heavy atom. The van der Waals surface area contributed by atoms with E-state index < -0.39 is 13.9 Å². The second-order valence-corrected chi connectivity index (χ2v) is 17.6. The topological polar surface area (TPSA) is 80.3 Å². The van der Waals surface area contributed by atoms with Gasteiger partial charge in [0.1, 0.15) is 24.2 Å². The van der Waals surface area contributed by atoms with Crippen LogP contribution < -0.4 is 9.05 Å². The molecule has 57 heavy (non-hydrogen) atoms. The summed E-state index contributed by atoms with van der Waals surface area (Å²) in [7, 11) is -4.14. The summed E-state index contributed by atoms with van der Waals surface area (Å²) in [5, 5.41) is 0. The first-order chi connectivity index (χ1) is 28.0. The molecule has 0 N–H and O–H groups in total. The molecule has 0 saturated heterocycles. The predicted octanol–water partition coefficient (Wildman–Crippen LogP) is 15.9. The fourth-order valence-corrected chi connectivity index (χ4v) is 8.33. The number of hydrogen-bond donors (Lipinski definition) is 0. The average Bonchev–Trinajstić information content (AvgIpc) is 3.21. The Morgan fingerprint density at radius 2 is 0.825 bits per heavy atom. The van der Waals surface area contributed by atoms with E-state index in [1.54, 1.807) is 48.5 Å². The number of phosphoric ester groups is 1. The molecule has 0 heterocycles. The summed E-state index contributed by atoms with van der Waals surface area (Å²) in [4.78, 5) is 13.0. The molecular weight excluding hydrogens is 732 g/mol. The van der Waals surface area contributed by atoms with Gasteiger partial charge in [-0.1, -0.05) is 224 Å². The third-order valence-electron chi connectivity index (χ3n) is 10.6. The van der Waals surface area contributed by atoms with Gasteiger partial charge in [0, 0.05) is 13.0 Å². The largest absolute Gasteiger partial charge is 0.587 e. The maximum Gasteiger partial charge on any atom is 0.587 e. The van der Waals surface area contributed by atoms with Gasteiger partial charge in [-0.2, -0.15) is 0 Å².